The van der Waals surface area contributed by atoms with Crippen LogP contribution in [0.5, 0.6) is 0 Å². The van der Waals surface area contributed by atoms with Crippen molar-refractivity contribution in [1.82, 2.24) is 0 Å². The predicted octanol–water partition coefficient (Wildman–Crippen LogP) is 14.2. The van der Waals surface area contributed by atoms with Gasteiger partial charge in [-0.05, 0) is 151 Å². The SMILES string of the molecule is O=C(OS(c1ccc(I)cc1)(c1ccc(I)cc1)c1ccc(I)cc1)C(F)(F)C(F)(F)C(F)(F)C(F)(F)C(F)(F)C(F)(F)C(F)(F)C(F)(F)C(F)(F)C(F)(F)C(F)(F)F. The summed E-state index contributed by atoms with van der Waals surface area (Å²) in [5.74, 6) is -94.5. The molecule has 0 spiro atoms. The van der Waals surface area contributed by atoms with Gasteiger partial charge in [0.15, 0.2) is 0 Å². The minimum atomic E-state index is -9.56. The van der Waals surface area contributed by atoms with Crippen LogP contribution in [0, 0.1) is 10.7 Å². The number of carbonyl (C=O) groups excluding carboxylic acids is 1. The molecular formula is C30H12F23I3O2S. The molecule has 0 bridgehead atoms. The van der Waals surface area contributed by atoms with Crippen molar-refractivity contribution in [2.75, 3.05) is 0 Å². The molecule has 0 saturated carbocycles. The van der Waals surface area contributed by atoms with Gasteiger partial charge >= 0.3 is 71.4 Å². The first-order chi connectivity index (χ1) is 26.1. The van der Waals surface area contributed by atoms with Crippen LogP contribution in [-0.4, -0.2) is 71.4 Å². The normalized spacial score (nSPS) is 15.3. The third-order valence-electron chi connectivity index (χ3n) is 7.80. The molecule has 0 aromatic heterocycles. The van der Waals surface area contributed by atoms with Crippen LogP contribution in [0.3, 0.4) is 0 Å². The number of hydrogen-bond donors (Lipinski definition) is 0. The molecule has 2 nitrogen and oxygen atoms in total. The van der Waals surface area contributed by atoms with Gasteiger partial charge in [-0.3, -0.25) is 0 Å². The number of halogens is 26. The second-order valence-corrected chi connectivity index (χ2v) is 18.0. The molecule has 0 N–H and O–H groups in total. The summed E-state index contributed by atoms with van der Waals surface area (Å²) in [5, 5.41) is 0. The topological polar surface area (TPSA) is 26.3 Å². The standard InChI is InChI=1S/C30H12F23I3O2S/c31-20(32,19(57)58-59(16-7-1-13(54)2-8-16,17-9-3-14(55)4-10-17)18-11-5-15(56)6-12-18)21(33,34)22(35,36)23(37,38)24(39,40)25(41,42)26(43,44)27(45,46)28(47,48)29(49,50)30(51,52)53/h1-12H. The smallest absolute Gasteiger partial charge is 0.397 e. The minimum Gasteiger partial charge on any atom is -0.397 e. The van der Waals surface area contributed by atoms with E-state index in [1.165, 1.54) is 0 Å². The lowest BCUT2D eigenvalue weighted by Gasteiger charge is -2.45. The van der Waals surface area contributed by atoms with E-state index in [0.29, 0.717) is 10.7 Å². The Morgan fingerprint density at radius 1 is 0.356 bits per heavy atom. The van der Waals surface area contributed by atoms with Crippen molar-refractivity contribution in [3.8, 4) is 0 Å². The Kier molecular flexibility index (Phi) is 13.7. The summed E-state index contributed by atoms with van der Waals surface area (Å²) in [4.78, 5) is 11.6. The molecule has 0 saturated heterocycles. The average molecular weight is 1250 g/mol. The Morgan fingerprint density at radius 2 is 0.559 bits per heavy atom. The maximum Gasteiger partial charge on any atom is 0.460 e. The average Bonchev–Trinajstić information content (AvgIpc) is 3.10. The van der Waals surface area contributed by atoms with Crippen LogP contribution in [0.25, 0.3) is 0 Å². The molecule has 0 radical (unpaired) electrons. The first-order valence-electron chi connectivity index (χ1n) is 14.3. The monoisotopic (exact) mass is 1250 g/mol. The minimum absolute atomic E-state index is 0.328. The first-order valence-corrected chi connectivity index (χ1v) is 19.1. The zero-order valence-corrected chi connectivity index (χ0v) is 34.3. The Balaban J connectivity index is 2.27. The summed E-state index contributed by atoms with van der Waals surface area (Å²) < 4.78 is 329. The van der Waals surface area contributed by atoms with Gasteiger partial charge in [0.1, 0.15) is 0 Å². The summed E-state index contributed by atoms with van der Waals surface area (Å²) in [6.07, 6.45) is -8.16. The number of benzene rings is 3. The van der Waals surface area contributed by atoms with E-state index in [9.17, 15) is 88.2 Å². The third kappa shape index (κ3) is 7.58. The Labute approximate surface area is 355 Å². The summed E-state index contributed by atoms with van der Waals surface area (Å²) >= 11 is 5.00. The highest BCUT2D eigenvalue weighted by atomic mass is 127. The highest BCUT2D eigenvalue weighted by Crippen LogP contribution is 2.71. The van der Waals surface area contributed by atoms with Crippen molar-refractivity contribution in [2.24, 2.45) is 0 Å². The lowest BCUT2D eigenvalue weighted by Crippen LogP contribution is -2.78. The summed E-state index contributed by atoms with van der Waals surface area (Å²) in [5.41, 5.74) is 0. The molecule has 0 aliphatic carbocycles. The van der Waals surface area contributed by atoms with Gasteiger partial charge in [0, 0.05) is 25.4 Å². The zero-order chi connectivity index (χ0) is 46.2. The second-order valence-electron chi connectivity index (χ2n) is 11.5. The van der Waals surface area contributed by atoms with Gasteiger partial charge in [0.2, 0.25) is 0 Å². The Morgan fingerprint density at radius 3 is 0.780 bits per heavy atom. The second kappa shape index (κ2) is 15.7. The number of carbonyl (C=O) groups is 1. The fraction of sp³-hybridized carbons (Fsp3) is 0.367. The molecule has 0 fully saturated rings. The molecule has 0 amide bonds. The highest BCUT2D eigenvalue weighted by Gasteiger charge is 2.99. The van der Waals surface area contributed by atoms with Crippen LogP contribution in [0.15, 0.2) is 87.5 Å². The molecule has 29 heteroatoms. The molecular weight excluding hydrogens is 1240 g/mol. The van der Waals surface area contributed by atoms with Crippen molar-refractivity contribution in [3.63, 3.8) is 0 Å². The molecule has 3 aromatic carbocycles. The molecule has 332 valence electrons. The lowest BCUT2D eigenvalue weighted by atomic mass is 9.85. The third-order valence-corrected chi connectivity index (χ3v) is 13.2. The van der Waals surface area contributed by atoms with Gasteiger partial charge in [0.25, 0.3) is 0 Å². The van der Waals surface area contributed by atoms with Crippen molar-refractivity contribution >= 4 is 84.1 Å². The maximum atomic E-state index is 15.4. The van der Waals surface area contributed by atoms with Crippen LogP contribution < -0.4 is 0 Å². The van der Waals surface area contributed by atoms with Gasteiger partial charge in [-0.25, -0.2) is 4.79 Å². The van der Waals surface area contributed by atoms with E-state index in [1.807, 2.05) is 0 Å². The lowest BCUT2D eigenvalue weighted by molar-refractivity contribution is -0.477. The fourth-order valence-corrected chi connectivity index (χ4v) is 8.55. The van der Waals surface area contributed by atoms with Gasteiger partial charge in [0.05, 0.1) is 0 Å². The van der Waals surface area contributed by atoms with Crippen LogP contribution in [-0.2, 0) is 8.98 Å². The van der Waals surface area contributed by atoms with E-state index in [2.05, 4.69) is 0 Å². The molecule has 3 rings (SSSR count). The largest absolute Gasteiger partial charge is 0.460 e. The van der Waals surface area contributed by atoms with E-state index in [4.69, 9.17) is 4.18 Å². The van der Waals surface area contributed by atoms with Crippen LogP contribution in [0.2, 0.25) is 0 Å². The van der Waals surface area contributed by atoms with Gasteiger partial charge < -0.3 is 4.18 Å². The predicted molar refractivity (Wildman–Crippen MR) is 181 cm³/mol. The van der Waals surface area contributed by atoms with Crippen LogP contribution >= 0.6 is 78.1 Å². The van der Waals surface area contributed by atoms with Crippen molar-refractivity contribution in [1.29, 1.82) is 0 Å². The van der Waals surface area contributed by atoms with Crippen LogP contribution in [0.1, 0.15) is 0 Å². The van der Waals surface area contributed by atoms with Crippen molar-refractivity contribution in [2.45, 2.75) is 80.1 Å². The summed E-state index contributed by atoms with van der Waals surface area (Å²) in [7, 11) is -4.40. The molecule has 59 heavy (non-hydrogen) atoms. The Bertz CT molecular complexity index is 1890. The first kappa shape index (κ1) is 51.4. The summed E-state index contributed by atoms with van der Waals surface area (Å²) in [6, 6.07) is 12.8. The molecule has 0 heterocycles. The zero-order valence-electron chi connectivity index (χ0n) is 27.0. The number of rotatable bonds is 14. The van der Waals surface area contributed by atoms with Crippen molar-refractivity contribution in [3.05, 3.63) is 83.5 Å². The molecule has 0 unspecified atom stereocenters. The maximum absolute atomic E-state index is 15.4. The molecule has 3 aromatic rings. The van der Waals surface area contributed by atoms with Crippen LogP contribution in [0.4, 0.5) is 101 Å². The van der Waals surface area contributed by atoms with Gasteiger partial charge in [-0.2, -0.15) is 101 Å². The van der Waals surface area contributed by atoms with E-state index >= 15 is 17.6 Å². The number of hydrogen-bond acceptors (Lipinski definition) is 2. The van der Waals surface area contributed by atoms with E-state index in [1.54, 1.807) is 67.8 Å². The number of alkyl halides is 23. The van der Waals surface area contributed by atoms with Crippen molar-refractivity contribution < 1.29 is 110 Å². The van der Waals surface area contributed by atoms with E-state index in [0.717, 1.165) is 72.8 Å². The summed E-state index contributed by atoms with van der Waals surface area (Å²) in [6.45, 7) is 0. The molecule has 0 atom stereocenters. The van der Waals surface area contributed by atoms with Gasteiger partial charge in [-0.15, -0.1) is 0 Å². The molecule has 0 aliphatic heterocycles. The Hall–Kier alpha value is -1.94. The highest BCUT2D eigenvalue weighted by molar-refractivity contribution is 14.1. The van der Waals surface area contributed by atoms with Gasteiger partial charge in [-0.1, -0.05) is 0 Å². The molecule has 0 aliphatic rings. The fourth-order valence-electron chi connectivity index (χ4n) is 4.48. The quantitative estimate of drug-likeness (QED) is 0.119. The van der Waals surface area contributed by atoms with E-state index < -0.39 is 96.4 Å². The van der Waals surface area contributed by atoms with E-state index in [-0.39, 0.29) is 0 Å².